The highest BCUT2D eigenvalue weighted by Gasteiger charge is 2.27. The smallest absolute Gasteiger partial charge is 0.124 e. The van der Waals surface area contributed by atoms with Gasteiger partial charge in [0.05, 0.1) is 6.61 Å². The Bertz CT molecular complexity index is 396. The van der Waals surface area contributed by atoms with Gasteiger partial charge in [0.2, 0.25) is 0 Å². The molecule has 0 bridgehead atoms. The minimum Gasteiger partial charge on any atom is -0.493 e. The summed E-state index contributed by atoms with van der Waals surface area (Å²) >= 11 is 0. The van der Waals surface area contributed by atoms with Crippen molar-refractivity contribution in [2.24, 2.45) is 0 Å². The van der Waals surface area contributed by atoms with E-state index < -0.39 is 0 Å². The minimum absolute atomic E-state index is 0.597. The lowest BCUT2D eigenvalue weighted by Gasteiger charge is -2.38. The summed E-state index contributed by atoms with van der Waals surface area (Å²) in [4.78, 5) is 2.65. The number of rotatable bonds is 1. The fourth-order valence-electron chi connectivity index (χ4n) is 3.09. The molecule has 3 rings (SSSR count). The zero-order valence-electron chi connectivity index (χ0n) is 10.6. The quantitative estimate of drug-likeness (QED) is 0.735. The Morgan fingerprint density at radius 2 is 2.00 bits per heavy atom. The summed E-state index contributed by atoms with van der Waals surface area (Å²) in [5, 5.41) is 0. The SMILES string of the molecule is Cc1ccc2c(c1)OCC[C@H]2N1CCCCC1. The van der Waals surface area contributed by atoms with Crippen LogP contribution in [0.15, 0.2) is 18.2 Å². The van der Waals surface area contributed by atoms with E-state index in [4.69, 9.17) is 4.74 Å². The normalized spacial score (nSPS) is 25.1. The number of piperidine rings is 1. The number of ether oxygens (including phenoxy) is 1. The number of fused-ring (bicyclic) bond motifs is 1. The van der Waals surface area contributed by atoms with Gasteiger partial charge in [-0.05, 0) is 44.5 Å². The van der Waals surface area contributed by atoms with E-state index in [0.29, 0.717) is 6.04 Å². The van der Waals surface area contributed by atoms with Crippen LogP contribution >= 0.6 is 0 Å². The number of nitrogens with zero attached hydrogens (tertiary/aromatic N) is 1. The number of hydrogen-bond donors (Lipinski definition) is 0. The first-order chi connectivity index (χ1) is 8.34. The molecule has 2 nitrogen and oxygen atoms in total. The van der Waals surface area contributed by atoms with Gasteiger partial charge in [0, 0.05) is 18.0 Å². The summed E-state index contributed by atoms with van der Waals surface area (Å²) in [5.74, 6) is 1.12. The fraction of sp³-hybridized carbons (Fsp3) is 0.600. The first-order valence-electron chi connectivity index (χ1n) is 6.82. The van der Waals surface area contributed by atoms with Crippen LogP contribution in [0.25, 0.3) is 0 Å². The molecule has 0 radical (unpaired) electrons. The van der Waals surface area contributed by atoms with Crippen molar-refractivity contribution in [3.05, 3.63) is 29.3 Å². The van der Waals surface area contributed by atoms with Gasteiger partial charge in [-0.1, -0.05) is 18.6 Å². The maximum atomic E-state index is 5.80. The summed E-state index contributed by atoms with van der Waals surface area (Å²) in [6, 6.07) is 7.26. The van der Waals surface area contributed by atoms with Crippen LogP contribution in [-0.2, 0) is 0 Å². The van der Waals surface area contributed by atoms with Gasteiger partial charge in [-0.3, -0.25) is 4.90 Å². The second-order valence-electron chi connectivity index (χ2n) is 5.29. The highest BCUT2D eigenvalue weighted by atomic mass is 16.5. The van der Waals surface area contributed by atoms with Crippen LogP contribution in [0.5, 0.6) is 5.75 Å². The number of likely N-dealkylation sites (tertiary alicyclic amines) is 1. The van der Waals surface area contributed by atoms with Gasteiger partial charge in [-0.15, -0.1) is 0 Å². The zero-order chi connectivity index (χ0) is 11.7. The van der Waals surface area contributed by atoms with Crippen molar-refractivity contribution in [3.8, 4) is 5.75 Å². The molecule has 0 aromatic heterocycles. The molecule has 0 N–H and O–H groups in total. The average Bonchev–Trinajstić information content (AvgIpc) is 2.39. The summed E-state index contributed by atoms with van der Waals surface area (Å²) in [6.07, 6.45) is 5.27. The molecule has 0 amide bonds. The van der Waals surface area contributed by atoms with Crippen LogP contribution in [0.4, 0.5) is 0 Å². The maximum absolute atomic E-state index is 5.80. The Morgan fingerprint density at radius 3 is 2.82 bits per heavy atom. The van der Waals surface area contributed by atoms with Gasteiger partial charge in [-0.25, -0.2) is 0 Å². The molecule has 0 aliphatic carbocycles. The third kappa shape index (κ3) is 2.19. The Balaban J connectivity index is 1.88. The molecule has 2 heteroatoms. The third-order valence-corrected chi connectivity index (χ3v) is 4.01. The lowest BCUT2D eigenvalue weighted by molar-refractivity contribution is 0.119. The zero-order valence-corrected chi connectivity index (χ0v) is 10.6. The molecule has 0 saturated carbocycles. The Morgan fingerprint density at radius 1 is 1.18 bits per heavy atom. The van der Waals surface area contributed by atoms with Crippen molar-refractivity contribution < 1.29 is 4.74 Å². The minimum atomic E-state index is 0.597. The van der Waals surface area contributed by atoms with Crippen LogP contribution in [-0.4, -0.2) is 24.6 Å². The first-order valence-corrected chi connectivity index (χ1v) is 6.82. The number of hydrogen-bond acceptors (Lipinski definition) is 2. The largest absolute Gasteiger partial charge is 0.493 e. The highest BCUT2D eigenvalue weighted by molar-refractivity contribution is 5.40. The topological polar surface area (TPSA) is 12.5 Å². The van der Waals surface area contributed by atoms with Crippen LogP contribution in [0.3, 0.4) is 0 Å². The molecule has 0 unspecified atom stereocenters. The molecule has 17 heavy (non-hydrogen) atoms. The number of aryl methyl sites for hydroxylation is 1. The standard InChI is InChI=1S/C15H21NO/c1-12-5-6-13-14(7-10-17-15(13)11-12)16-8-3-2-4-9-16/h5-6,11,14H,2-4,7-10H2,1H3/t14-/m1/s1. The van der Waals surface area contributed by atoms with Gasteiger partial charge in [0.15, 0.2) is 0 Å². The van der Waals surface area contributed by atoms with E-state index >= 15 is 0 Å². The molecular formula is C15H21NO. The average molecular weight is 231 g/mol. The fourth-order valence-corrected chi connectivity index (χ4v) is 3.09. The Hall–Kier alpha value is -1.02. The van der Waals surface area contributed by atoms with Gasteiger partial charge < -0.3 is 4.74 Å². The second-order valence-corrected chi connectivity index (χ2v) is 5.29. The number of benzene rings is 1. The van der Waals surface area contributed by atoms with Crippen molar-refractivity contribution >= 4 is 0 Å². The highest BCUT2D eigenvalue weighted by Crippen LogP contribution is 2.37. The molecule has 1 aromatic carbocycles. The van der Waals surface area contributed by atoms with Gasteiger partial charge in [0.1, 0.15) is 5.75 Å². The summed E-state index contributed by atoms with van der Waals surface area (Å²) in [5.41, 5.74) is 2.70. The van der Waals surface area contributed by atoms with E-state index in [2.05, 4.69) is 30.0 Å². The van der Waals surface area contributed by atoms with Gasteiger partial charge in [-0.2, -0.15) is 0 Å². The predicted octanol–water partition coefficient (Wildman–Crippen LogP) is 3.30. The lowest BCUT2D eigenvalue weighted by atomic mass is 9.95. The van der Waals surface area contributed by atoms with E-state index in [1.165, 1.54) is 43.5 Å². The van der Waals surface area contributed by atoms with Crippen molar-refractivity contribution in [1.82, 2.24) is 4.90 Å². The van der Waals surface area contributed by atoms with E-state index in [1.54, 1.807) is 0 Å². The predicted molar refractivity (Wildman–Crippen MR) is 69.5 cm³/mol. The third-order valence-electron chi connectivity index (χ3n) is 4.01. The molecule has 1 aromatic rings. The summed E-state index contributed by atoms with van der Waals surface area (Å²) in [7, 11) is 0. The Kier molecular flexibility index (Phi) is 3.06. The van der Waals surface area contributed by atoms with Crippen LogP contribution < -0.4 is 4.74 Å². The van der Waals surface area contributed by atoms with Crippen molar-refractivity contribution in [1.29, 1.82) is 0 Å². The summed E-state index contributed by atoms with van der Waals surface area (Å²) in [6.45, 7) is 5.53. The lowest BCUT2D eigenvalue weighted by Crippen LogP contribution is -2.36. The van der Waals surface area contributed by atoms with Crippen LogP contribution in [0.2, 0.25) is 0 Å². The van der Waals surface area contributed by atoms with Crippen LogP contribution in [0.1, 0.15) is 42.9 Å². The van der Waals surface area contributed by atoms with Crippen molar-refractivity contribution in [2.75, 3.05) is 19.7 Å². The molecule has 1 fully saturated rings. The second kappa shape index (κ2) is 4.69. The molecule has 2 aliphatic rings. The van der Waals surface area contributed by atoms with Gasteiger partial charge >= 0.3 is 0 Å². The summed E-state index contributed by atoms with van der Waals surface area (Å²) < 4.78 is 5.80. The van der Waals surface area contributed by atoms with Crippen molar-refractivity contribution in [2.45, 2.75) is 38.6 Å². The Labute approximate surface area is 104 Å². The van der Waals surface area contributed by atoms with E-state index in [9.17, 15) is 0 Å². The van der Waals surface area contributed by atoms with E-state index in [0.717, 1.165) is 18.8 Å². The monoisotopic (exact) mass is 231 g/mol. The van der Waals surface area contributed by atoms with Crippen molar-refractivity contribution in [3.63, 3.8) is 0 Å². The first kappa shape index (κ1) is 11.1. The van der Waals surface area contributed by atoms with Gasteiger partial charge in [0.25, 0.3) is 0 Å². The molecule has 2 heterocycles. The molecule has 0 spiro atoms. The maximum Gasteiger partial charge on any atom is 0.124 e. The molecule has 1 atom stereocenters. The molecule has 2 aliphatic heterocycles. The van der Waals surface area contributed by atoms with Crippen LogP contribution in [0, 0.1) is 6.92 Å². The van der Waals surface area contributed by atoms with E-state index in [-0.39, 0.29) is 0 Å². The molecular weight excluding hydrogens is 210 g/mol. The van der Waals surface area contributed by atoms with E-state index in [1.807, 2.05) is 0 Å². The molecule has 1 saturated heterocycles. The molecule has 92 valence electrons.